The molecule has 0 radical (unpaired) electrons. The molecule has 8 nitrogen and oxygen atoms in total. The normalized spacial score (nSPS) is 12.6. The molecule has 8 heteroatoms. The van der Waals surface area contributed by atoms with E-state index in [0.717, 1.165) is 0 Å². The van der Waals surface area contributed by atoms with Gasteiger partial charge in [0, 0.05) is 0 Å². The van der Waals surface area contributed by atoms with Crippen LogP contribution < -0.4 is 0 Å². The van der Waals surface area contributed by atoms with E-state index in [1.165, 1.54) is 0 Å². The smallest absolute Gasteiger partial charge is 0.324 e. The molecule has 0 atom stereocenters. The number of carbonyl (C=O) groups excluding carboxylic acids is 4. The zero-order valence-electron chi connectivity index (χ0n) is 22.9. The van der Waals surface area contributed by atoms with Crippen LogP contribution in [0.15, 0.2) is 0 Å². The Morgan fingerprint density at radius 2 is 0.676 bits per heavy atom. The third-order valence-corrected chi connectivity index (χ3v) is 6.41. The van der Waals surface area contributed by atoms with Crippen LogP contribution in [0.25, 0.3) is 0 Å². The highest BCUT2D eigenvalue weighted by Crippen LogP contribution is 2.48. The second-order valence-corrected chi connectivity index (χ2v) is 10.4. The Hall–Kier alpha value is -2.12. The summed E-state index contributed by atoms with van der Waals surface area (Å²) in [4.78, 5) is 52.4. The summed E-state index contributed by atoms with van der Waals surface area (Å²) >= 11 is 0. The molecular formula is C26H46O8. The van der Waals surface area contributed by atoms with Crippen molar-refractivity contribution in [3.05, 3.63) is 0 Å². The average Bonchev–Trinajstić information content (AvgIpc) is 2.69. The molecule has 0 aromatic carbocycles. The lowest BCUT2D eigenvalue weighted by molar-refractivity contribution is -0.185. The van der Waals surface area contributed by atoms with Gasteiger partial charge in [-0.3, -0.25) is 19.2 Å². The van der Waals surface area contributed by atoms with Gasteiger partial charge in [0.25, 0.3) is 0 Å². The van der Waals surface area contributed by atoms with Crippen LogP contribution in [-0.2, 0) is 38.1 Å². The Labute approximate surface area is 205 Å². The Balaban J connectivity index is 6.13. The second-order valence-electron chi connectivity index (χ2n) is 10.4. The van der Waals surface area contributed by atoms with Crippen LogP contribution in [0, 0.1) is 21.7 Å². The van der Waals surface area contributed by atoms with E-state index < -0.39 is 45.5 Å². The first-order valence-electron chi connectivity index (χ1n) is 12.3. The van der Waals surface area contributed by atoms with E-state index in [2.05, 4.69) is 0 Å². The molecule has 0 saturated carbocycles. The molecule has 0 aliphatic rings. The number of hydrogen-bond acceptors (Lipinski definition) is 8. The number of carbonyl (C=O) groups is 4. The standard InChI is InChI=1S/C26H46O8/c1-11-31-19(27)25(23(5,6)7,20(28)32-12-2)17-15-16-18-26(24(8,9)10,21(29)33-13-3)22(30)34-14-4/h11-18H2,1-10H3. The maximum atomic E-state index is 13.1. The molecule has 0 aliphatic carbocycles. The van der Waals surface area contributed by atoms with E-state index in [1.807, 2.05) is 0 Å². The Kier molecular flexibility index (Phi) is 12.3. The molecule has 0 rings (SSSR count). The molecule has 0 amide bonds. The van der Waals surface area contributed by atoms with Crippen molar-refractivity contribution in [1.29, 1.82) is 0 Å². The fraction of sp³-hybridized carbons (Fsp3) is 0.846. The minimum Gasteiger partial charge on any atom is -0.465 e. The summed E-state index contributed by atoms with van der Waals surface area (Å²) in [5.41, 5.74) is -4.60. The SMILES string of the molecule is CCOC(=O)C(CCCCC(C(=O)OCC)(C(=O)OCC)C(C)(C)C)(C(=O)OCC)C(C)(C)C. The van der Waals surface area contributed by atoms with Crippen molar-refractivity contribution in [2.75, 3.05) is 26.4 Å². The zero-order chi connectivity index (χ0) is 26.8. The number of ether oxygens (including phenoxy) is 4. The van der Waals surface area contributed by atoms with E-state index in [1.54, 1.807) is 69.2 Å². The molecule has 0 N–H and O–H groups in total. The first-order chi connectivity index (χ1) is 15.6. The number of esters is 4. The molecule has 0 spiro atoms. The highest BCUT2D eigenvalue weighted by atomic mass is 16.6. The lowest BCUT2D eigenvalue weighted by atomic mass is 9.61. The monoisotopic (exact) mass is 486 g/mol. The van der Waals surface area contributed by atoms with E-state index >= 15 is 0 Å². The lowest BCUT2D eigenvalue weighted by Gasteiger charge is -2.41. The highest BCUT2D eigenvalue weighted by molar-refractivity contribution is 6.01. The lowest BCUT2D eigenvalue weighted by Crippen LogP contribution is -2.52. The van der Waals surface area contributed by atoms with Gasteiger partial charge in [-0.15, -0.1) is 0 Å². The molecule has 0 saturated heterocycles. The van der Waals surface area contributed by atoms with Gasteiger partial charge >= 0.3 is 23.9 Å². The average molecular weight is 487 g/mol. The molecule has 0 heterocycles. The molecule has 34 heavy (non-hydrogen) atoms. The van der Waals surface area contributed by atoms with Crippen molar-refractivity contribution in [3.63, 3.8) is 0 Å². The fourth-order valence-electron chi connectivity index (χ4n) is 4.35. The van der Waals surface area contributed by atoms with Gasteiger partial charge in [0.2, 0.25) is 0 Å². The van der Waals surface area contributed by atoms with Crippen molar-refractivity contribution >= 4 is 23.9 Å². The summed E-state index contributed by atoms with van der Waals surface area (Å²) in [6.07, 6.45) is 1.07. The summed E-state index contributed by atoms with van der Waals surface area (Å²) in [7, 11) is 0. The van der Waals surface area contributed by atoms with Gasteiger partial charge in [0.15, 0.2) is 10.8 Å². The highest BCUT2D eigenvalue weighted by Gasteiger charge is 2.58. The van der Waals surface area contributed by atoms with Gasteiger partial charge in [-0.1, -0.05) is 54.4 Å². The van der Waals surface area contributed by atoms with Crippen molar-refractivity contribution in [1.82, 2.24) is 0 Å². The van der Waals surface area contributed by atoms with Crippen molar-refractivity contribution in [2.24, 2.45) is 21.7 Å². The summed E-state index contributed by atoms with van der Waals surface area (Å²) in [6, 6.07) is 0. The summed E-state index contributed by atoms with van der Waals surface area (Å²) < 4.78 is 21.2. The van der Waals surface area contributed by atoms with E-state index in [4.69, 9.17) is 18.9 Å². The van der Waals surface area contributed by atoms with Crippen LogP contribution in [0.5, 0.6) is 0 Å². The minimum absolute atomic E-state index is 0.134. The van der Waals surface area contributed by atoms with Gasteiger partial charge in [0.05, 0.1) is 26.4 Å². The third-order valence-electron chi connectivity index (χ3n) is 6.41. The van der Waals surface area contributed by atoms with Gasteiger partial charge in [-0.25, -0.2) is 0 Å². The van der Waals surface area contributed by atoms with E-state index in [9.17, 15) is 19.2 Å². The third kappa shape index (κ3) is 6.72. The largest absolute Gasteiger partial charge is 0.465 e. The van der Waals surface area contributed by atoms with E-state index in [0.29, 0.717) is 12.8 Å². The molecule has 198 valence electrons. The molecular weight excluding hydrogens is 440 g/mol. The van der Waals surface area contributed by atoms with Crippen molar-refractivity contribution < 1.29 is 38.1 Å². The van der Waals surface area contributed by atoms with Crippen LogP contribution >= 0.6 is 0 Å². The first kappa shape index (κ1) is 31.9. The second kappa shape index (κ2) is 13.1. The van der Waals surface area contributed by atoms with Crippen LogP contribution in [0.4, 0.5) is 0 Å². The molecule has 0 unspecified atom stereocenters. The van der Waals surface area contributed by atoms with Crippen LogP contribution in [0.1, 0.15) is 94.9 Å². The van der Waals surface area contributed by atoms with Crippen LogP contribution in [-0.4, -0.2) is 50.3 Å². The number of hydrogen-bond donors (Lipinski definition) is 0. The quantitative estimate of drug-likeness (QED) is 0.157. The molecule has 0 aliphatic heterocycles. The zero-order valence-corrected chi connectivity index (χ0v) is 22.9. The Bertz CT molecular complexity index is 601. The van der Waals surface area contributed by atoms with E-state index in [-0.39, 0.29) is 39.3 Å². The summed E-state index contributed by atoms with van der Waals surface area (Å²) in [5, 5.41) is 0. The van der Waals surface area contributed by atoms with Crippen LogP contribution in [0.2, 0.25) is 0 Å². The van der Waals surface area contributed by atoms with Crippen molar-refractivity contribution in [3.8, 4) is 0 Å². The van der Waals surface area contributed by atoms with Gasteiger partial charge in [-0.05, 0) is 51.4 Å². The van der Waals surface area contributed by atoms with Gasteiger partial charge in [-0.2, -0.15) is 0 Å². The maximum Gasteiger partial charge on any atom is 0.324 e. The van der Waals surface area contributed by atoms with Crippen LogP contribution in [0.3, 0.4) is 0 Å². The maximum absolute atomic E-state index is 13.1. The molecule has 0 aromatic rings. The molecule has 0 aromatic heterocycles. The van der Waals surface area contributed by atoms with Gasteiger partial charge < -0.3 is 18.9 Å². The van der Waals surface area contributed by atoms with Crippen molar-refractivity contribution in [2.45, 2.75) is 94.9 Å². The summed E-state index contributed by atoms with van der Waals surface area (Å²) in [6.45, 7) is 18.1. The minimum atomic E-state index is -1.52. The Morgan fingerprint density at radius 3 is 0.824 bits per heavy atom. The van der Waals surface area contributed by atoms with Gasteiger partial charge in [0.1, 0.15) is 0 Å². The number of rotatable bonds is 13. The Morgan fingerprint density at radius 1 is 0.471 bits per heavy atom. The topological polar surface area (TPSA) is 105 Å². The predicted molar refractivity (Wildman–Crippen MR) is 129 cm³/mol. The molecule has 0 fully saturated rings. The number of unbranched alkanes of at least 4 members (excludes halogenated alkanes) is 1. The fourth-order valence-corrected chi connectivity index (χ4v) is 4.35. The summed E-state index contributed by atoms with van der Waals surface area (Å²) in [5.74, 6) is -2.50. The first-order valence-corrected chi connectivity index (χ1v) is 12.3. The predicted octanol–water partition coefficient (Wildman–Crippen LogP) is 4.86. The molecule has 0 bridgehead atoms.